The maximum Gasteiger partial charge on any atom is 0.275 e. The van der Waals surface area contributed by atoms with E-state index in [0.717, 1.165) is 0 Å². The van der Waals surface area contributed by atoms with Crippen molar-refractivity contribution in [3.05, 3.63) is 49.9 Å². The second kappa shape index (κ2) is 6.05. The summed E-state index contributed by atoms with van der Waals surface area (Å²) in [5, 5.41) is 3.44. The minimum Gasteiger partial charge on any atom is -0.318 e. The van der Waals surface area contributed by atoms with Crippen LogP contribution in [-0.4, -0.2) is 15.9 Å². The maximum absolute atomic E-state index is 11.9. The highest BCUT2D eigenvalue weighted by molar-refractivity contribution is 9.10. The van der Waals surface area contributed by atoms with Gasteiger partial charge in [0.25, 0.3) is 5.91 Å². The van der Waals surface area contributed by atoms with Crippen molar-refractivity contribution in [3.8, 4) is 0 Å². The number of hydrogen-bond donors (Lipinski definition) is 1. The highest BCUT2D eigenvalue weighted by Gasteiger charge is 2.14. The van der Waals surface area contributed by atoms with Gasteiger partial charge in [-0.2, -0.15) is 0 Å². The molecule has 1 aromatic heterocycles. The first-order valence-corrected chi connectivity index (χ1v) is 6.83. The highest BCUT2D eigenvalue weighted by atomic mass is 79.9. The average molecular weight is 381 g/mol. The number of aromatic nitrogens is 2. The predicted molar refractivity (Wildman–Crippen MR) is 79.2 cm³/mol. The molecule has 0 saturated carbocycles. The Kier molecular flexibility index (Phi) is 4.62. The number of carbonyl (C=O) groups is 1. The van der Waals surface area contributed by atoms with E-state index in [-0.39, 0.29) is 21.4 Å². The van der Waals surface area contributed by atoms with Crippen molar-refractivity contribution in [1.29, 1.82) is 0 Å². The number of anilines is 1. The molecule has 1 aromatic carbocycles. The van der Waals surface area contributed by atoms with Gasteiger partial charge in [-0.25, -0.2) is 9.97 Å². The van der Waals surface area contributed by atoms with Crippen LogP contribution in [0.5, 0.6) is 0 Å². The van der Waals surface area contributed by atoms with Crippen LogP contribution in [0.25, 0.3) is 0 Å². The fourth-order valence-corrected chi connectivity index (χ4v) is 2.38. The van der Waals surface area contributed by atoms with Crippen LogP contribution in [0.4, 0.5) is 5.69 Å². The predicted octanol–water partition coefficient (Wildman–Crippen LogP) is 4.45. The Labute approximate surface area is 132 Å². The van der Waals surface area contributed by atoms with E-state index in [4.69, 9.17) is 34.8 Å². The first-order valence-electron chi connectivity index (χ1n) is 4.91. The third kappa shape index (κ3) is 3.57. The quantitative estimate of drug-likeness (QED) is 0.836. The largest absolute Gasteiger partial charge is 0.318 e. The zero-order valence-corrected chi connectivity index (χ0v) is 13.0. The molecular formula is C11H5BrCl3N3O. The lowest BCUT2D eigenvalue weighted by molar-refractivity contribution is 0.102. The fraction of sp³-hybridized carbons (Fsp3) is 0. The van der Waals surface area contributed by atoms with Crippen molar-refractivity contribution in [3.63, 3.8) is 0 Å². The van der Waals surface area contributed by atoms with E-state index in [2.05, 4.69) is 31.2 Å². The Morgan fingerprint density at radius 1 is 1.11 bits per heavy atom. The summed E-state index contributed by atoms with van der Waals surface area (Å²) in [4.78, 5) is 19.8. The van der Waals surface area contributed by atoms with Gasteiger partial charge in [-0.1, -0.05) is 34.8 Å². The van der Waals surface area contributed by atoms with E-state index in [1.807, 2.05) is 0 Å². The van der Waals surface area contributed by atoms with Crippen molar-refractivity contribution in [2.45, 2.75) is 0 Å². The Balaban J connectivity index is 2.26. The first kappa shape index (κ1) is 14.5. The molecule has 0 unspecified atom stereocenters. The Morgan fingerprint density at radius 3 is 2.26 bits per heavy atom. The molecule has 1 heterocycles. The highest BCUT2D eigenvalue weighted by Crippen LogP contribution is 2.33. The molecule has 2 aromatic rings. The zero-order valence-electron chi connectivity index (χ0n) is 9.12. The molecule has 0 atom stereocenters. The molecule has 2 rings (SSSR count). The molecule has 1 amide bonds. The fourth-order valence-electron chi connectivity index (χ4n) is 1.27. The molecule has 0 spiro atoms. The standard InChI is InChI=1S/C11H5BrCl3N3O/c12-9-4-16-8(3-17-9)11(19)18-10-6(14)1-5(13)2-7(10)15/h1-4H,(H,18,19). The second-order valence-electron chi connectivity index (χ2n) is 3.42. The van der Waals surface area contributed by atoms with Gasteiger partial charge in [0.15, 0.2) is 0 Å². The number of carbonyl (C=O) groups excluding carboxylic acids is 1. The van der Waals surface area contributed by atoms with Gasteiger partial charge in [0.1, 0.15) is 10.3 Å². The van der Waals surface area contributed by atoms with Crippen molar-refractivity contribution in [1.82, 2.24) is 9.97 Å². The molecule has 19 heavy (non-hydrogen) atoms. The third-order valence-corrected chi connectivity index (χ3v) is 3.32. The number of benzene rings is 1. The third-order valence-electron chi connectivity index (χ3n) is 2.10. The number of nitrogens with zero attached hydrogens (tertiary/aromatic N) is 2. The SMILES string of the molecule is O=C(Nc1c(Cl)cc(Cl)cc1Cl)c1cnc(Br)cn1. The molecule has 8 heteroatoms. The number of hydrogen-bond acceptors (Lipinski definition) is 3. The van der Waals surface area contributed by atoms with Crippen molar-refractivity contribution in [2.24, 2.45) is 0 Å². The lowest BCUT2D eigenvalue weighted by Gasteiger charge is -2.09. The van der Waals surface area contributed by atoms with E-state index in [1.165, 1.54) is 24.5 Å². The first-order chi connectivity index (χ1) is 8.97. The molecule has 0 bridgehead atoms. The molecule has 0 aliphatic heterocycles. The monoisotopic (exact) mass is 379 g/mol. The summed E-state index contributed by atoms with van der Waals surface area (Å²) in [7, 11) is 0. The second-order valence-corrected chi connectivity index (χ2v) is 5.49. The van der Waals surface area contributed by atoms with Gasteiger partial charge >= 0.3 is 0 Å². The summed E-state index contributed by atoms with van der Waals surface area (Å²) in [6.45, 7) is 0. The topological polar surface area (TPSA) is 54.9 Å². The Bertz CT molecular complexity index is 611. The molecular weight excluding hydrogens is 376 g/mol. The molecule has 0 fully saturated rings. The van der Waals surface area contributed by atoms with Crippen molar-refractivity contribution < 1.29 is 4.79 Å². The van der Waals surface area contributed by atoms with Crippen LogP contribution >= 0.6 is 50.7 Å². The number of rotatable bonds is 2. The maximum atomic E-state index is 11.9. The Morgan fingerprint density at radius 2 is 1.74 bits per heavy atom. The number of amides is 1. The van der Waals surface area contributed by atoms with E-state index in [1.54, 1.807) is 0 Å². The lowest BCUT2D eigenvalue weighted by Crippen LogP contribution is -2.14. The van der Waals surface area contributed by atoms with E-state index in [9.17, 15) is 4.79 Å². The van der Waals surface area contributed by atoms with Crippen molar-refractivity contribution in [2.75, 3.05) is 5.32 Å². The number of halogens is 4. The van der Waals surface area contributed by atoms with Gasteiger partial charge < -0.3 is 5.32 Å². The van der Waals surface area contributed by atoms with Crippen LogP contribution in [0.1, 0.15) is 10.5 Å². The molecule has 0 aliphatic carbocycles. The number of nitrogens with one attached hydrogen (secondary N) is 1. The van der Waals surface area contributed by atoms with E-state index in [0.29, 0.717) is 9.63 Å². The van der Waals surface area contributed by atoms with E-state index < -0.39 is 5.91 Å². The van der Waals surface area contributed by atoms with E-state index >= 15 is 0 Å². The average Bonchev–Trinajstić information content (AvgIpc) is 2.34. The minimum absolute atomic E-state index is 0.144. The summed E-state index contributed by atoms with van der Waals surface area (Å²) < 4.78 is 0.534. The van der Waals surface area contributed by atoms with Gasteiger partial charge in [-0.05, 0) is 28.1 Å². The molecule has 0 aliphatic rings. The smallest absolute Gasteiger partial charge is 0.275 e. The van der Waals surface area contributed by atoms with Crippen LogP contribution in [0.2, 0.25) is 15.1 Å². The van der Waals surface area contributed by atoms with Gasteiger partial charge in [0.2, 0.25) is 0 Å². The van der Waals surface area contributed by atoms with Gasteiger partial charge in [-0.3, -0.25) is 4.79 Å². The molecule has 4 nitrogen and oxygen atoms in total. The summed E-state index contributed by atoms with van der Waals surface area (Å²) in [5.41, 5.74) is 0.424. The molecule has 0 saturated heterocycles. The summed E-state index contributed by atoms with van der Waals surface area (Å²) in [5.74, 6) is -0.467. The Hall–Kier alpha value is -0.880. The van der Waals surface area contributed by atoms with Gasteiger partial charge in [0.05, 0.1) is 28.1 Å². The zero-order chi connectivity index (χ0) is 14.0. The molecule has 1 N–H and O–H groups in total. The normalized spacial score (nSPS) is 10.3. The minimum atomic E-state index is -0.467. The summed E-state index contributed by atoms with van der Waals surface area (Å²) in [6.07, 6.45) is 2.75. The van der Waals surface area contributed by atoms with Crippen LogP contribution < -0.4 is 5.32 Å². The van der Waals surface area contributed by atoms with Gasteiger partial charge in [-0.15, -0.1) is 0 Å². The van der Waals surface area contributed by atoms with Gasteiger partial charge in [0, 0.05) is 5.02 Å². The van der Waals surface area contributed by atoms with Crippen LogP contribution in [-0.2, 0) is 0 Å². The summed E-state index contributed by atoms with van der Waals surface area (Å²) in [6, 6.07) is 2.97. The molecule has 98 valence electrons. The van der Waals surface area contributed by atoms with Crippen LogP contribution in [0.3, 0.4) is 0 Å². The molecule has 0 radical (unpaired) electrons. The van der Waals surface area contributed by atoms with Crippen LogP contribution in [0.15, 0.2) is 29.1 Å². The van der Waals surface area contributed by atoms with Crippen molar-refractivity contribution >= 4 is 62.3 Å². The lowest BCUT2D eigenvalue weighted by atomic mass is 10.3. The summed E-state index contributed by atoms with van der Waals surface area (Å²) >= 11 is 20.8. The van der Waals surface area contributed by atoms with Crippen LogP contribution in [0, 0.1) is 0 Å².